The zero-order valence-corrected chi connectivity index (χ0v) is 9.95. The van der Waals surface area contributed by atoms with E-state index >= 15 is 0 Å². The van der Waals surface area contributed by atoms with Crippen LogP contribution in [0.5, 0.6) is 0 Å². The summed E-state index contributed by atoms with van der Waals surface area (Å²) in [6.07, 6.45) is 4.23. The number of nitrogens with zero attached hydrogens (tertiary/aromatic N) is 1. The number of aromatic nitrogens is 1. The van der Waals surface area contributed by atoms with Gasteiger partial charge in [0.05, 0.1) is 6.10 Å². The Bertz CT molecular complexity index is 298. The highest BCUT2D eigenvalue weighted by molar-refractivity contribution is 8.02. The molecule has 1 N–H and O–H groups in total. The summed E-state index contributed by atoms with van der Waals surface area (Å²) in [5.74, 6) is 0.314. The maximum absolute atomic E-state index is 9.55. The molecular formula is C12H17NOS. The van der Waals surface area contributed by atoms with Gasteiger partial charge in [-0.3, -0.25) is 0 Å². The zero-order chi connectivity index (χ0) is 11.1. The molecule has 15 heavy (non-hydrogen) atoms. The fourth-order valence-electron chi connectivity index (χ4n) is 1.00. The Kier molecular flexibility index (Phi) is 5.43. The number of aliphatic hydroxyl groups excluding tert-OH is 1. The van der Waals surface area contributed by atoms with E-state index in [1.165, 1.54) is 0 Å². The molecule has 0 saturated heterocycles. The van der Waals surface area contributed by atoms with Gasteiger partial charge in [-0.05, 0) is 29.9 Å². The largest absolute Gasteiger partial charge is 0.393 e. The first-order chi connectivity index (χ1) is 7.20. The minimum atomic E-state index is -0.245. The molecule has 1 aromatic heterocycles. The Labute approximate surface area is 95.4 Å². The molecule has 0 bridgehead atoms. The van der Waals surface area contributed by atoms with Gasteiger partial charge in [0.2, 0.25) is 0 Å². The molecule has 1 rings (SSSR count). The van der Waals surface area contributed by atoms with Gasteiger partial charge >= 0.3 is 0 Å². The van der Waals surface area contributed by atoms with Gasteiger partial charge in [0.1, 0.15) is 5.03 Å². The van der Waals surface area contributed by atoms with Crippen molar-refractivity contribution in [1.82, 2.24) is 4.98 Å². The highest BCUT2D eigenvalue weighted by Gasteiger charge is 2.05. The van der Waals surface area contributed by atoms with Gasteiger partial charge in [0, 0.05) is 6.20 Å². The number of hydrogen-bond acceptors (Lipinski definition) is 3. The van der Waals surface area contributed by atoms with Crippen molar-refractivity contribution in [3.63, 3.8) is 0 Å². The molecule has 0 amide bonds. The van der Waals surface area contributed by atoms with Crippen molar-refractivity contribution < 1.29 is 5.11 Å². The van der Waals surface area contributed by atoms with Crippen molar-refractivity contribution in [3.8, 4) is 0 Å². The van der Waals surface area contributed by atoms with Gasteiger partial charge < -0.3 is 5.11 Å². The molecule has 0 aliphatic carbocycles. The van der Waals surface area contributed by atoms with E-state index in [1.807, 2.05) is 43.5 Å². The van der Waals surface area contributed by atoms with Gasteiger partial charge in [-0.2, -0.15) is 0 Å². The average molecular weight is 223 g/mol. The first-order valence-electron chi connectivity index (χ1n) is 5.11. The van der Waals surface area contributed by atoms with Crippen LogP contribution in [0.2, 0.25) is 0 Å². The predicted octanol–water partition coefficient (Wildman–Crippen LogP) is 3.09. The molecular weight excluding hydrogens is 206 g/mol. The van der Waals surface area contributed by atoms with E-state index in [9.17, 15) is 5.11 Å². The second-order valence-corrected chi connectivity index (χ2v) is 4.63. The maximum Gasteiger partial charge on any atom is 0.100 e. The lowest BCUT2D eigenvalue weighted by Gasteiger charge is -2.10. The smallest absolute Gasteiger partial charge is 0.100 e. The zero-order valence-electron chi connectivity index (χ0n) is 9.13. The highest BCUT2D eigenvalue weighted by Crippen LogP contribution is 2.16. The highest BCUT2D eigenvalue weighted by atomic mass is 32.2. The Morgan fingerprint density at radius 2 is 2.27 bits per heavy atom. The molecule has 0 fully saturated rings. The van der Waals surface area contributed by atoms with E-state index in [0.29, 0.717) is 12.3 Å². The molecule has 82 valence electrons. The lowest BCUT2D eigenvalue weighted by Crippen LogP contribution is -2.12. The van der Waals surface area contributed by atoms with E-state index in [0.717, 1.165) is 5.03 Å². The van der Waals surface area contributed by atoms with Crippen LogP contribution < -0.4 is 0 Å². The molecule has 1 heterocycles. The van der Waals surface area contributed by atoms with Gasteiger partial charge in [0.15, 0.2) is 0 Å². The molecule has 2 nitrogen and oxygen atoms in total. The summed E-state index contributed by atoms with van der Waals surface area (Å²) in [6.45, 7) is 4.04. The van der Waals surface area contributed by atoms with Gasteiger partial charge in [-0.25, -0.2) is 4.98 Å². The fourth-order valence-corrected chi connectivity index (χ4v) is 1.63. The van der Waals surface area contributed by atoms with Crippen LogP contribution in [0.4, 0.5) is 0 Å². The summed E-state index contributed by atoms with van der Waals surface area (Å²) in [5.41, 5.74) is 0. The van der Waals surface area contributed by atoms with Gasteiger partial charge in [-0.1, -0.05) is 37.8 Å². The van der Waals surface area contributed by atoms with E-state index in [4.69, 9.17) is 0 Å². The molecule has 1 atom stereocenters. The number of pyridine rings is 1. The summed E-state index contributed by atoms with van der Waals surface area (Å²) in [7, 11) is 0. The maximum atomic E-state index is 9.55. The minimum Gasteiger partial charge on any atom is -0.393 e. The van der Waals surface area contributed by atoms with E-state index in [-0.39, 0.29) is 6.10 Å². The second kappa shape index (κ2) is 6.64. The number of hydrogen-bond donors (Lipinski definition) is 1. The van der Waals surface area contributed by atoms with Gasteiger partial charge in [-0.15, -0.1) is 0 Å². The predicted molar refractivity (Wildman–Crippen MR) is 64.7 cm³/mol. The van der Waals surface area contributed by atoms with Crippen molar-refractivity contribution in [2.45, 2.75) is 31.4 Å². The lowest BCUT2D eigenvalue weighted by atomic mass is 10.1. The molecule has 1 aromatic rings. The second-order valence-electron chi connectivity index (χ2n) is 3.70. The lowest BCUT2D eigenvalue weighted by molar-refractivity contribution is 0.128. The average Bonchev–Trinajstić information content (AvgIpc) is 2.25. The number of rotatable bonds is 5. The third-order valence-corrected chi connectivity index (χ3v) is 2.88. The van der Waals surface area contributed by atoms with Crippen LogP contribution in [-0.2, 0) is 0 Å². The summed E-state index contributed by atoms with van der Waals surface area (Å²) in [5, 5.41) is 12.5. The SMILES string of the molecule is CC(C)C(O)C/C=C\Sc1ccccn1. The van der Waals surface area contributed by atoms with Crippen LogP contribution in [0.3, 0.4) is 0 Å². The summed E-state index contributed by atoms with van der Waals surface area (Å²) in [4.78, 5) is 4.18. The van der Waals surface area contributed by atoms with Crippen molar-refractivity contribution in [2.75, 3.05) is 0 Å². The standard InChI is InChI=1S/C12H17NOS/c1-10(2)11(14)6-5-9-15-12-7-3-4-8-13-12/h3-5,7-11,14H,6H2,1-2H3/b9-5-. The van der Waals surface area contributed by atoms with Crippen LogP contribution in [0, 0.1) is 5.92 Å². The molecule has 0 aliphatic heterocycles. The van der Waals surface area contributed by atoms with Crippen molar-refractivity contribution in [2.24, 2.45) is 5.92 Å². The van der Waals surface area contributed by atoms with Crippen molar-refractivity contribution in [3.05, 3.63) is 35.9 Å². The summed E-state index contributed by atoms with van der Waals surface area (Å²) in [6, 6.07) is 5.83. The number of aliphatic hydroxyl groups is 1. The Morgan fingerprint density at radius 3 is 2.87 bits per heavy atom. The van der Waals surface area contributed by atoms with Crippen LogP contribution in [0.15, 0.2) is 40.9 Å². The van der Waals surface area contributed by atoms with Crippen LogP contribution in [0.25, 0.3) is 0 Å². The molecule has 0 spiro atoms. The Morgan fingerprint density at radius 1 is 1.47 bits per heavy atom. The molecule has 0 aliphatic rings. The van der Waals surface area contributed by atoms with Crippen molar-refractivity contribution in [1.29, 1.82) is 0 Å². The first-order valence-corrected chi connectivity index (χ1v) is 5.99. The quantitative estimate of drug-likeness (QED) is 0.779. The molecule has 1 unspecified atom stereocenters. The van der Waals surface area contributed by atoms with E-state index in [2.05, 4.69) is 4.98 Å². The Balaban J connectivity index is 2.29. The van der Waals surface area contributed by atoms with Crippen molar-refractivity contribution >= 4 is 11.8 Å². The van der Waals surface area contributed by atoms with Crippen LogP contribution in [-0.4, -0.2) is 16.2 Å². The van der Waals surface area contributed by atoms with Crippen LogP contribution >= 0.6 is 11.8 Å². The fraction of sp³-hybridized carbons (Fsp3) is 0.417. The third kappa shape index (κ3) is 5.00. The Hall–Kier alpha value is -0.800. The number of thioether (sulfide) groups is 1. The topological polar surface area (TPSA) is 33.1 Å². The normalized spacial score (nSPS) is 13.6. The minimum absolute atomic E-state index is 0.245. The summed E-state index contributed by atoms with van der Waals surface area (Å²) < 4.78 is 0. The van der Waals surface area contributed by atoms with E-state index < -0.39 is 0 Å². The van der Waals surface area contributed by atoms with Crippen LogP contribution in [0.1, 0.15) is 20.3 Å². The molecule has 0 aromatic carbocycles. The van der Waals surface area contributed by atoms with E-state index in [1.54, 1.807) is 18.0 Å². The molecule has 0 saturated carbocycles. The molecule has 3 heteroatoms. The van der Waals surface area contributed by atoms with Gasteiger partial charge in [0.25, 0.3) is 0 Å². The monoisotopic (exact) mass is 223 g/mol. The molecule has 0 radical (unpaired) electrons. The summed E-state index contributed by atoms with van der Waals surface area (Å²) >= 11 is 1.57. The first kappa shape index (κ1) is 12.3. The third-order valence-electron chi connectivity index (χ3n) is 2.07.